The van der Waals surface area contributed by atoms with E-state index in [0.717, 1.165) is 37.0 Å². The van der Waals surface area contributed by atoms with Crippen LogP contribution in [0.4, 0.5) is 0 Å². The standard InChI is InChI=1S/C20H27N3O.ClH/c1-23(15-16-9-12-21-13-10-16)20(19-8-3-4-11-22-19)17-6-5-7-18(14-17)24-2;/h3-8,11,14,16,20-21H,9-10,12-13,15H2,1-2H3;1H. The van der Waals surface area contributed by atoms with Crippen LogP contribution in [0.2, 0.25) is 0 Å². The lowest BCUT2D eigenvalue weighted by Gasteiger charge is -2.33. The lowest BCUT2D eigenvalue weighted by Crippen LogP contribution is -2.36. The van der Waals surface area contributed by atoms with Gasteiger partial charge in [-0.05, 0) is 68.7 Å². The van der Waals surface area contributed by atoms with E-state index in [9.17, 15) is 0 Å². The number of rotatable bonds is 6. The molecule has 1 N–H and O–H groups in total. The van der Waals surface area contributed by atoms with Crippen LogP contribution in [-0.2, 0) is 0 Å². The molecule has 1 aromatic carbocycles. The molecule has 4 nitrogen and oxygen atoms in total. The first-order valence-electron chi connectivity index (χ1n) is 8.74. The van der Waals surface area contributed by atoms with Gasteiger partial charge in [-0.25, -0.2) is 0 Å². The number of methoxy groups -OCH3 is 1. The fourth-order valence-electron chi connectivity index (χ4n) is 3.58. The van der Waals surface area contributed by atoms with Crippen molar-refractivity contribution in [3.8, 4) is 5.75 Å². The van der Waals surface area contributed by atoms with Gasteiger partial charge in [0.05, 0.1) is 18.8 Å². The van der Waals surface area contributed by atoms with Crippen LogP contribution >= 0.6 is 12.4 Å². The number of piperidine rings is 1. The highest BCUT2D eigenvalue weighted by atomic mass is 35.5. The molecule has 0 bridgehead atoms. The molecule has 2 heterocycles. The van der Waals surface area contributed by atoms with Crippen molar-refractivity contribution in [2.45, 2.75) is 18.9 Å². The molecule has 2 aromatic rings. The molecule has 0 aliphatic carbocycles. The maximum Gasteiger partial charge on any atom is 0.119 e. The molecule has 0 saturated carbocycles. The van der Waals surface area contributed by atoms with Crippen LogP contribution in [0.15, 0.2) is 48.7 Å². The number of pyridine rings is 1. The summed E-state index contributed by atoms with van der Waals surface area (Å²) in [5, 5.41) is 3.45. The molecule has 136 valence electrons. The minimum Gasteiger partial charge on any atom is -0.497 e. The zero-order valence-corrected chi connectivity index (χ0v) is 15.8. The first kappa shape index (κ1) is 19.7. The summed E-state index contributed by atoms with van der Waals surface area (Å²) in [4.78, 5) is 7.07. The summed E-state index contributed by atoms with van der Waals surface area (Å²) in [5.41, 5.74) is 2.31. The van der Waals surface area contributed by atoms with Gasteiger partial charge in [-0.1, -0.05) is 18.2 Å². The Kier molecular flexibility index (Phi) is 7.69. The lowest BCUT2D eigenvalue weighted by molar-refractivity contribution is 0.205. The zero-order chi connectivity index (χ0) is 16.8. The fourth-order valence-corrected chi connectivity index (χ4v) is 3.58. The quantitative estimate of drug-likeness (QED) is 0.854. The average molecular weight is 362 g/mol. The van der Waals surface area contributed by atoms with Gasteiger partial charge >= 0.3 is 0 Å². The molecule has 25 heavy (non-hydrogen) atoms. The summed E-state index contributed by atoms with van der Waals surface area (Å²) in [6.45, 7) is 3.35. The summed E-state index contributed by atoms with van der Waals surface area (Å²) >= 11 is 0. The third-order valence-corrected chi connectivity index (χ3v) is 4.82. The average Bonchev–Trinajstić information content (AvgIpc) is 2.64. The minimum atomic E-state index is 0. The maximum atomic E-state index is 5.42. The van der Waals surface area contributed by atoms with E-state index in [1.165, 1.54) is 18.4 Å². The lowest BCUT2D eigenvalue weighted by atomic mass is 9.95. The molecular formula is C20H28ClN3O. The molecule has 1 atom stereocenters. The van der Waals surface area contributed by atoms with E-state index in [1.807, 2.05) is 18.3 Å². The van der Waals surface area contributed by atoms with Crippen LogP contribution in [-0.4, -0.2) is 43.7 Å². The number of ether oxygens (including phenoxy) is 1. The molecule has 1 unspecified atom stereocenters. The van der Waals surface area contributed by atoms with E-state index in [0.29, 0.717) is 0 Å². The Bertz CT molecular complexity index is 632. The molecule has 1 aliphatic heterocycles. The smallest absolute Gasteiger partial charge is 0.119 e. The summed E-state index contributed by atoms with van der Waals surface area (Å²) in [6, 6.07) is 14.6. The van der Waals surface area contributed by atoms with E-state index in [4.69, 9.17) is 4.74 Å². The summed E-state index contributed by atoms with van der Waals surface area (Å²) in [7, 11) is 3.93. The van der Waals surface area contributed by atoms with Gasteiger partial charge in [-0.2, -0.15) is 0 Å². The molecule has 1 aromatic heterocycles. The Morgan fingerprint density at radius 3 is 2.68 bits per heavy atom. The van der Waals surface area contributed by atoms with Crippen molar-refractivity contribution in [1.29, 1.82) is 0 Å². The predicted molar refractivity (Wildman–Crippen MR) is 105 cm³/mol. The molecule has 0 radical (unpaired) electrons. The van der Waals surface area contributed by atoms with Gasteiger partial charge in [-0.3, -0.25) is 9.88 Å². The number of aromatic nitrogens is 1. The Balaban J connectivity index is 0.00000225. The van der Waals surface area contributed by atoms with Crippen LogP contribution in [0.5, 0.6) is 5.75 Å². The Hall–Kier alpha value is -1.62. The molecule has 0 amide bonds. The largest absolute Gasteiger partial charge is 0.497 e. The minimum absolute atomic E-state index is 0. The highest BCUT2D eigenvalue weighted by molar-refractivity contribution is 5.85. The first-order valence-corrected chi connectivity index (χ1v) is 8.74. The van der Waals surface area contributed by atoms with Crippen LogP contribution < -0.4 is 10.1 Å². The Labute approximate surface area is 157 Å². The normalized spacial score (nSPS) is 16.3. The number of hydrogen-bond acceptors (Lipinski definition) is 4. The molecular weight excluding hydrogens is 334 g/mol. The molecule has 0 spiro atoms. The molecule has 5 heteroatoms. The van der Waals surface area contributed by atoms with Crippen molar-refractivity contribution in [3.05, 3.63) is 59.9 Å². The van der Waals surface area contributed by atoms with Crippen molar-refractivity contribution < 1.29 is 4.74 Å². The van der Waals surface area contributed by atoms with Crippen molar-refractivity contribution >= 4 is 12.4 Å². The third kappa shape index (κ3) is 5.18. The predicted octanol–water partition coefficient (Wildman–Crippen LogP) is 3.53. The second-order valence-corrected chi connectivity index (χ2v) is 6.57. The van der Waals surface area contributed by atoms with Crippen molar-refractivity contribution in [2.24, 2.45) is 5.92 Å². The third-order valence-electron chi connectivity index (χ3n) is 4.82. The van der Waals surface area contributed by atoms with Crippen LogP contribution in [0.3, 0.4) is 0 Å². The van der Waals surface area contributed by atoms with E-state index < -0.39 is 0 Å². The van der Waals surface area contributed by atoms with E-state index in [2.05, 4.69) is 52.6 Å². The number of nitrogens with zero attached hydrogens (tertiary/aromatic N) is 2. The summed E-state index contributed by atoms with van der Waals surface area (Å²) in [6.07, 6.45) is 4.37. The van der Waals surface area contributed by atoms with Crippen LogP contribution in [0.25, 0.3) is 0 Å². The van der Waals surface area contributed by atoms with Gasteiger partial charge < -0.3 is 10.1 Å². The maximum absolute atomic E-state index is 5.42. The number of nitrogens with one attached hydrogen (secondary N) is 1. The second kappa shape index (κ2) is 9.76. The highest BCUT2D eigenvalue weighted by Crippen LogP contribution is 2.30. The van der Waals surface area contributed by atoms with Gasteiger partial charge in [0.2, 0.25) is 0 Å². The first-order chi connectivity index (χ1) is 11.8. The van der Waals surface area contributed by atoms with Gasteiger partial charge in [0, 0.05) is 12.7 Å². The SMILES string of the molecule is COc1cccc(C(c2ccccn2)N(C)CC2CCNCC2)c1.Cl. The number of benzene rings is 1. The summed E-state index contributed by atoms with van der Waals surface area (Å²) in [5.74, 6) is 1.64. The molecule has 3 rings (SSSR count). The van der Waals surface area contributed by atoms with Gasteiger partial charge in [-0.15, -0.1) is 12.4 Å². The Morgan fingerprint density at radius 2 is 2.00 bits per heavy atom. The van der Waals surface area contributed by atoms with Crippen LogP contribution in [0, 0.1) is 5.92 Å². The second-order valence-electron chi connectivity index (χ2n) is 6.57. The van der Waals surface area contributed by atoms with E-state index in [-0.39, 0.29) is 18.4 Å². The van der Waals surface area contributed by atoms with E-state index in [1.54, 1.807) is 7.11 Å². The van der Waals surface area contributed by atoms with Gasteiger partial charge in [0.15, 0.2) is 0 Å². The molecule has 1 fully saturated rings. The fraction of sp³-hybridized carbons (Fsp3) is 0.450. The topological polar surface area (TPSA) is 37.4 Å². The zero-order valence-electron chi connectivity index (χ0n) is 15.0. The van der Waals surface area contributed by atoms with Gasteiger partial charge in [0.25, 0.3) is 0 Å². The van der Waals surface area contributed by atoms with Crippen molar-refractivity contribution in [3.63, 3.8) is 0 Å². The van der Waals surface area contributed by atoms with Crippen molar-refractivity contribution in [2.75, 3.05) is 33.8 Å². The summed E-state index contributed by atoms with van der Waals surface area (Å²) < 4.78 is 5.42. The van der Waals surface area contributed by atoms with E-state index >= 15 is 0 Å². The van der Waals surface area contributed by atoms with Crippen LogP contribution in [0.1, 0.15) is 30.1 Å². The number of halogens is 1. The molecule has 1 saturated heterocycles. The number of hydrogen-bond donors (Lipinski definition) is 1. The monoisotopic (exact) mass is 361 g/mol. The molecule has 1 aliphatic rings. The van der Waals surface area contributed by atoms with Gasteiger partial charge in [0.1, 0.15) is 5.75 Å². The van der Waals surface area contributed by atoms with Crippen molar-refractivity contribution in [1.82, 2.24) is 15.2 Å². The Morgan fingerprint density at radius 1 is 1.20 bits per heavy atom. The highest BCUT2D eigenvalue weighted by Gasteiger charge is 2.24.